The Morgan fingerprint density at radius 1 is 0.353 bits per heavy atom. The van der Waals surface area contributed by atoms with Crippen molar-refractivity contribution in [1.82, 2.24) is 5.32 Å². The van der Waals surface area contributed by atoms with Gasteiger partial charge in [-0.05, 0) is 51.4 Å². The predicted octanol–water partition coefficient (Wildman–Crippen LogP) is 20.8. The third-order valence-corrected chi connectivity index (χ3v) is 14.6. The van der Waals surface area contributed by atoms with Gasteiger partial charge in [0.15, 0.2) is 0 Å². The number of allylic oxidation sites excluding steroid dienone is 5. The average molecular weight is 955 g/mol. The Morgan fingerprint density at radius 2 is 0.603 bits per heavy atom. The fraction of sp³-hybridized carbons (Fsp3) is 0.891. The van der Waals surface area contributed by atoms with Crippen molar-refractivity contribution in [3.8, 4) is 0 Å². The highest BCUT2D eigenvalue weighted by molar-refractivity contribution is 5.76. The van der Waals surface area contributed by atoms with Crippen molar-refractivity contribution >= 4 is 5.91 Å². The zero-order valence-corrected chi connectivity index (χ0v) is 46.4. The molecule has 0 radical (unpaired) electrons. The van der Waals surface area contributed by atoms with Crippen LogP contribution in [0.4, 0.5) is 0 Å². The van der Waals surface area contributed by atoms with Gasteiger partial charge in [0, 0.05) is 6.42 Å². The van der Waals surface area contributed by atoms with Crippen LogP contribution in [0.3, 0.4) is 0 Å². The molecule has 4 heteroatoms. The van der Waals surface area contributed by atoms with Crippen molar-refractivity contribution in [3.63, 3.8) is 0 Å². The Bertz CT molecular complexity index is 1040. The molecule has 0 bridgehead atoms. The molecular weight excluding hydrogens is 831 g/mol. The van der Waals surface area contributed by atoms with Gasteiger partial charge in [0.25, 0.3) is 0 Å². The minimum absolute atomic E-state index is 0.0598. The monoisotopic (exact) mass is 954 g/mol. The number of rotatable bonds is 58. The number of hydrogen-bond acceptors (Lipinski definition) is 3. The third-order valence-electron chi connectivity index (χ3n) is 14.6. The zero-order chi connectivity index (χ0) is 49.2. The Kier molecular flexibility index (Phi) is 58.7. The fourth-order valence-corrected chi connectivity index (χ4v) is 9.86. The summed E-state index contributed by atoms with van der Waals surface area (Å²) in [4.78, 5) is 12.5. The number of hydrogen-bond donors (Lipinski definition) is 3. The van der Waals surface area contributed by atoms with E-state index in [2.05, 4.69) is 43.5 Å². The molecule has 68 heavy (non-hydrogen) atoms. The quantitative estimate of drug-likeness (QED) is 0.0420. The van der Waals surface area contributed by atoms with Crippen molar-refractivity contribution in [2.45, 2.75) is 360 Å². The molecule has 0 fully saturated rings. The van der Waals surface area contributed by atoms with E-state index in [0.717, 1.165) is 32.1 Å². The summed E-state index contributed by atoms with van der Waals surface area (Å²) in [5, 5.41) is 23.2. The minimum Gasteiger partial charge on any atom is -0.394 e. The van der Waals surface area contributed by atoms with Gasteiger partial charge in [0.05, 0.1) is 18.8 Å². The van der Waals surface area contributed by atoms with Crippen molar-refractivity contribution in [2.75, 3.05) is 6.61 Å². The Hall–Kier alpha value is -1.39. The SMILES string of the molecule is CCCCCCC/C=C\C/C=C\CCCCCCCCCCCCCCCC(=O)NC(CO)C(O)/C=C/CCCCCCCCCCCCCCCCCCCCCCCCCCCCCCC. The van der Waals surface area contributed by atoms with Crippen LogP contribution in [0.1, 0.15) is 348 Å². The van der Waals surface area contributed by atoms with Crippen LogP contribution in [0.15, 0.2) is 36.5 Å². The molecule has 0 aliphatic carbocycles. The van der Waals surface area contributed by atoms with E-state index in [0.29, 0.717) is 6.42 Å². The maximum atomic E-state index is 12.5. The van der Waals surface area contributed by atoms with E-state index in [-0.39, 0.29) is 12.5 Å². The summed E-state index contributed by atoms with van der Waals surface area (Å²) in [6.45, 7) is 4.34. The third kappa shape index (κ3) is 55.5. The van der Waals surface area contributed by atoms with E-state index >= 15 is 0 Å². The van der Waals surface area contributed by atoms with Crippen LogP contribution < -0.4 is 5.32 Å². The molecule has 0 aromatic carbocycles. The first kappa shape index (κ1) is 66.6. The standard InChI is InChI=1S/C64H123NO3/c1-3-5-7-9-11-13-15-17-19-21-23-25-27-29-30-31-32-33-34-36-37-39-41-43-45-47-49-51-53-55-57-59-63(67)62(61-66)65-64(68)60-58-56-54-52-50-48-46-44-42-40-38-35-28-26-24-22-20-18-16-14-12-10-8-6-4-2/h16,18,22,24,57,59,62-63,66-67H,3-15,17,19-21,23,25-56,58,60-61H2,1-2H3,(H,65,68)/b18-16-,24-22-,59-57+. The molecule has 2 atom stereocenters. The highest BCUT2D eigenvalue weighted by Gasteiger charge is 2.18. The van der Waals surface area contributed by atoms with Crippen LogP contribution in [0.25, 0.3) is 0 Å². The van der Waals surface area contributed by atoms with Crippen LogP contribution in [-0.2, 0) is 4.79 Å². The average Bonchev–Trinajstić information content (AvgIpc) is 3.34. The molecule has 0 saturated heterocycles. The van der Waals surface area contributed by atoms with E-state index < -0.39 is 12.1 Å². The van der Waals surface area contributed by atoms with Crippen molar-refractivity contribution in [1.29, 1.82) is 0 Å². The first-order chi connectivity index (χ1) is 33.7. The molecule has 0 heterocycles. The van der Waals surface area contributed by atoms with Gasteiger partial charge < -0.3 is 15.5 Å². The number of aliphatic hydroxyl groups excluding tert-OH is 2. The Morgan fingerprint density at radius 3 is 0.882 bits per heavy atom. The molecule has 0 saturated carbocycles. The van der Waals surface area contributed by atoms with Crippen LogP contribution in [0, 0.1) is 0 Å². The maximum Gasteiger partial charge on any atom is 0.220 e. The van der Waals surface area contributed by atoms with Crippen molar-refractivity contribution < 1.29 is 15.0 Å². The van der Waals surface area contributed by atoms with Gasteiger partial charge in [0.2, 0.25) is 5.91 Å². The summed E-state index contributed by atoms with van der Waals surface area (Å²) >= 11 is 0. The Labute approximate surface area is 427 Å². The van der Waals surface area contributed by atoms with Crippen LogP contribution in [-0.4, -0.2) is 34.9 Å². The first-order valence-electron chi connectivity index (χ1n) is 31.2. The van der Waals surface area contributed by atoms with E-state index in [4.69, 9.17) is 0 Å². The maximum absolute atomic E-state index is 12.5. The van der Waals surface area contributed by atoms with Gasteiger partial charge in [-0.1, -0.05) is 326 Å². The summed E-state index contributed by atoms with van der Waals surface area (Å²) in [6, 6.07) is -0.624. The number of amides is 1. The first-order valence-corrected chi connectivity index (χ1v) is 31.2. The van der Waals surface area contributed by atoms with E-state index in [1.54, 1.807) is 6.08 Å². The predicted molar refractivity (Wildman–Crippen MR) is 304 cm³/mol. The molecule has 0 aliphatic heterocycles. The lowest BCUT2D eigenvalue weighted by Gasteiger charge is -2.20. The molecule has 402 valence electrons. The lowest BCUT2D eigenvalue weighted by molar-refractivity contribution is -0.123. The summed E-state index contributed by atoms with van der Waals surface area (Å²) in [5.74, 6) is -0.0598. The molecule has 3 N–H and O–H groups in total. The zero-order valence-electron chi connectivity index (χ0n) is 46.4. The summed E-state index contributed by atoms with van der Waals surface area (Å²) in [7, 11) is 0. The highest BCUT2D eigenvalue weighted by atomic mass is 16.3. The van der Waals surface area contributed by atoms with Gasteiger partial charge in [-0.3, -0.25) is 4.79 Å². The highest BCUT2D eigenvalue weighted by Crippen LogP contribution is 2.18. The van der Waals surface area contributed by atoms with E-state index in [9.17, 15) is 15.0 Å². The van der Waals surface area contributed by atoms with Gasteiger partial charge in [0.1, 0.15) is 0 Å². The molecule has 1 amide bonds. The van der Waals surface area contributed by atoms with Crippen LogP contribution >= 0.6 is 0 Å². The summed E-state index contributed by atoms with van der Waals surface area (Å²) in [6.07, 6.45) is 81.9. The number of aliphatic hydroxyl groups is 2. The molecule has 0 rings (SSSR count). The summed E-state index contributed by atoms with van der Waals surface area (Å²) in [5.41, 5.74) is 0. The smallest absolute Gasteiger partial charge is 0.220 e. The number of carbonyl (C=O) groups excluding carboxylic acids is 1. The number of nitrogens with one attached hydrogen (secondary N) is 1. The second-order valence-electron chi connectivity index (χ2n) is 21.5. The molecule has 0 aromatic heterocycles. The molecule has 4 nitrogen and oxygen atoms in total. The number of unbranched alkanes of at least 4 members (excludes halogenated alkanes) is 47. The summed E-state index contributed by atoms with van der Waals surface area (Å²) < 4.78 is 0. The van der Waals surface area contributed by atoms with Gasteiger partial charge in [-0.2, -0.15) is 0 Å². The van der Waals surface area contributed by atoms with Crippen molar-refractivity contribution in [3.05, 3.63) is 36.5 Å². The van der Waals surface area contributed by atoms with Gasteiger partial charge in [-0.15, -0.1) is 0 Å². The van der Waals surface area contributed by atoms with Crippen molar-refractivity contribution in [2.24, 2.45) is 0 Å². The van der Waals surface area contributed by atoms with E-state index in [1.165, 1.54) is 295 Å². The second kappa shape index (κ2) is 59.9. The lowest BCUT2D eigenvalue weighted by Crippen LogP contribution is -2.45. The van der Waals surface area contributed by atoms with Crippen LogP contribution in [0.5, 0.6) is 0 Å². The molecule has 2 unspecified atom stereocenters. The van der Waals surface area contributed by atoms with E-state index in [1.807, 2.05) is 6.08 Å². The normalized spacial score (nSPS) is 12.9. The Balaban J connectivity index is 3.45. The lowest BCUT2D eigenvalue weighted by atomic mass is 10.0. The molecular formula is C64H123NO3. The van der Waals surface area contributed by atoms with Gasteiger partial charge in [-0.25, -0.2) is 0 Å². The molecule has 0 spiro atoms. The number of carbonyl (C=O) groups is 1. The minimum atomic E-state index is -0.841. The molecule has 0 aromatic rings. The second-order valence-corrected chi connectivity index (χ2v) is 21.5. The van der Waals surface area contributed by atoms with Crippen LogP contribution in [0.2, 0.25) is 0 Å². The topological polar surface area (TPSA) is 69.6 Å². The fourth-order valence-electron chi connectivity index (χ4n) is 9.86. The largest absolute Gasteiger partial charge is 0.394 e. The molecule has 0 aliphatic rings. The van der Waals surface area contributed by atoms with Gasteiger partial charge >= 0.3 is 0 Å².